The molecule has 1 aromatic heterocycles. The van der Waals surface area contributed by atoms with Crippen LogP contribution in [0.1, 0.15) is 47.6 Å². The lowest BCUT2D eigenvalue weighted by molar-refractivity contribution is 0.0681. The minimum Gasteiger partial charge on any atom is -0.497 e. The van der Waals surface area contributed by atoms with Gasteiger partial charge in [0.1, 0.15) is 5.75 Å². The van der Waals surface area contributed by atoms with Gasteiger partial charge < -0.3 is 14.1 Å². The zero-order valence-corrected chi connectivity index (χ0v) is 16.0. The molecule has 144 valence electrons. The third-order valence-electron chi connectivity index (χ3n) is 5.36. The van der Waals surface area contributed by atoms with E-state index in [4.69, 9.17) is 9.15 Å². The summed E-state index contributed by atoms with van der Waals surface area (Å²) in [6.45, 7) is 0.777. The SMILES string of the molecule is COc1ccc(C2CCCCCN2C(=O)c2ccc(-c3cnco3)cc2)cc1. The molecule has 5 nitrogen and oxygen atoms in total. The molecule has 3 aromatic rings. The number of hydrogen-bond acceptors (Lipinski definition) is 4. The molecule has 0 N–H and O–H groups in total. The van der Waals surface area contributed by atoms with Crippen LogP contribution < -0.4 is 4.74 Å². The van der Waals surface area contributed by atoms with Crippen LogP contribution in [0, 0.1) is 0 Å². The number of hydrogen-bond donors (Lipinski definition) is 0. The Balaban J connectivity index is 1.59. The standard InChI is InChI=1S/C23H24N2O3/c1-27-20-12-10-17(11-13-20)21-5-3-2-4-14-25(21)23(26)19-8-6-18(7-9-19)22-15-24-16-28-22/h6-13,15-16,21H,2-5,14H2,1H3. The normalized spacial score (nSPS) is 17.2. The van der Waals surface area contributed by atoms with Crippen molar-refractivity contribution in [2.24, 2.45) is 0 Å². The van der Waals surface area contributed by atoms with Gasteiger partial charge in [-0.2, -0.15) is 0 Å². The van der Waals surface area contributed by atoms with Gasteiger partial charge >= 0.3 is 0 Å². The van der Waals surface area contributed by atoms with E-state index in [0.717, 1.165) is 49.1 Å². The monoisotopic (exact) mass is 376 g/mol. The summed E-state index contributed by atoms with van der Waals surface area (Å²) < 4.78 is 10.6. The fourth-order valence-electron chi connectivity index (χ4n) is 3.83. The molecule has 2 heterocycles. The molecule has 0 aliphatic carbocycles. The number of amides is 1. The molecule has 1 amide bonds. The molecule has 4 rings (SSSR count). The summed E-state index contributed by atoms with van der Waals surface area (Å²) in [7, 11) is 1.67. The lowest BCUT2D eigenvalue weighted by Crippen LogP contribution is -2.34. The van der Waals surface area contributed by atoms with Crippen LogP contribution in [0.2, 0.25) is 0 Å². The minimum atomic E-state index is 0.0758. The number of methoxy groups -OCH3 is 1. The number of carbonyl (C=O) groups is 1. The van der Waals surface area contributed by atoms with Gasteiger partial charge in [-0.05, 0) is 42.7 Å². The highest BCUT2D eigenvalue weighted by Crippen LogP contribution is 2.32. The Morgan fingerprint density at radius 3 is 2.54 bits per heavy atom. The van der Waals surface area contributed by atoms with Gasteiger partial charge in [-0.1, -0.05) is 37.1 Å². The van der Waals surface area contributed by atoms with Crippen LogP contribution in [0.15, 0.2) is 65.5 Å². The number of oxazole rings is 1. The number of ether oxygens (including phenoxy) is 1. The Bertz CT molecular complexity index is 902. The number of likely N-dealkylation sites (tertiary alicyclic amines) is 1. The molecule has 1 aliphatic rings. The number of benzene rings is 2. The quantitative estimate of drug-likeness (QED) is 0.635. The van der Waals surface area contributed by atoms with E-state index in [1.54, 1.807) is 13.3 Å². The summed E-state index contributed by atoms with van der Waals surface area (Å²) in [6, 6.07) is 15.7. The van der Waals surface area contributed by atoms with Gasteiger partial charge in [0.05, 0.1) is 19.3 Å². The zero-order valence-electron chi connectivity index (χ0n) is 16.0. The van der Waals surface area contributed by atoms with Crippen molar-refractivity contribution in [1.82, 2.24) is 9.88 Å². The Labute approximate surface area is 165 Å². The second kappa shape index (κ2) is 8.30. The Morgan fingerprint density at radius 2 is 1.86 bits per heavy atom. The van der Waals surface area contributed by atoms with Crippen molar-refractivity contribution in [3.63, 3.8) is 0 Å². The largest absolute Gasteiger partial charge is 0.497 e. The lowest BCUT2D eigenvalue weighted by atomic mass is 9.99. The summed E-state index contributed by atoms with van der Waals surface area (Å²) in [6.07, 6.45) is 7.38. The number of nitrogens with zero attached hydrogens (tertiary/aromatic N) is 2. The van der Waals surface area contributed by atoms with Crippen LogP contribution >= 0.6 is 0 Å². The van der Waals surface area contributed by atoms with Crippen LogP contribution in [0.4, 0.5) is 0 Å². The van der Waals surface area contributed by atoms with Crippen molar-refractivity contribution in [3.05, 3.63) is 72.2 Å². The third kappa shape index (κ3) is 3.79. The number of rotatable bonds is 4. The van der Waals surface area contributed by atoms with Crippen LogP contribution in [-0.4, -0.2) is 29.4 Å². The maximum Gasteiger partial charge on any atom is 0.254 e. The van der Waals surface area contributed by atoms with Crippen molar-refractivity contribution in [2.75, 3.05) is 13.7 Å². The first kappa shape index (κ1) is 18.3. The minimum absolute atomic E-state index is 0.0758. The fourth-order valence-corrected chi connectivity index (χ4v) is 3.83. The Morgan fingerprint density at radius 1 is 1.07 bits per heavy atom. The van der Waals surface area contributed by atoms with Crippen LogP contribution in [-0.2, 0) is 0 Å². The van der Waals surface area contributed by atoms with E-state index >= 15 is 0 Å². The zero-order chi connectivity index (χ0) is 19.3. The molecule has 1 saturated heterocycles. The summed E-state index contributed by atoms with van der Waals surface area (Å²) in [5.41, 5.74) is 2.77. The van der Waals surface area contributed by atoms with Gasteiger partial charge in [0.15, 0.2) is 12.2 Å². The fraction of sp³-hybridized carbons (Fsp3) is 0.304. The van der Waals surface area contributed by atoms with Crippen LogP contribution in [0.3, 0.4) is 0 Å². The van der Waals surface area contributed by atoms with Crippen molar-refractivity contribution < 1.29 is 13.9 Å². The van der Waals surface area contributed by atoms with Gasteiger partial charge in [-0.25, -0.2) is 4.98 Å². The van der Waals surface area contributed by atoms with Crippen molar-refractivity contribution in [2.45, 2.75) is 31.7 Å². The van der Waals surface area contributed by atoms with Crippen molar-refractivity contribution >= 4 is 5.91 Å². The van der Waals surface area contributed by atoms with E-state index in [1.165, 1.54) is 6.39 Å². The second-order valence-corrected chi connectivity index (χ2v) is 7.08. The van der Waals surface area contributed by atoms with Crippen LogP contribution in [0.5, 0.6) is 5.75 Å². The third-order valence-corrected chi connectivity index (χ3v) is 5.36. The topological polar surface area (TPSA) is 55.6 Å². The molecule has 1 fully saturated rings. The summed E-state index contributed by atoms with van der Waals surface area (Å²) in [5.74, 6) is 1.61. The summed E-state index contributed by atoms with van der Waals surface area (Å²) in [5, 5.41) is 0. The van der Waals surface area contributed by atoms with Crippen molar-refractivity contribution in [3.8, 4) is 17.1 Å². The first-order chi connectivity index (χ1) is 13.8. The molecule has 2 aromatic carbocycles. The molecule has 5 heteroatoms. The van der Waals surface area contributed by atoms with E-state index in [1.807, 2.05) is 41.3 Å². The average molecular weight is 376 g/mol. The highest BCUT2D eigenvalue weighted by molar-refractivity contribution is 5.95. The van der Waals surface area contributed by atoms with Crippen molar-refractivity contribution in [1.29, 1.82) is 0 Å². The van der Waals surface area contributed by atoms with E-state index in [2.05, 4.69) is 17.1 Å². The highest BCUT2D eigenvalue weighted by Gasteiger charge is 2.27. The summed E-state index contributed by atoms with van der Waals surface area (Å²) >= 11 is 0. The lowest BCUT2D eigenvalue weighted by Gasteiger charge is -2.31. The van der Waals surface area contributed by atoms with Gasteiger partial charge in [0, 0.05) is 17.7 Å². The molecule has 0 radical (unpaired) electrons. The Kier molecular flexibility index (Phi) is 5.42. The van der Waals surface area contributed by atoms with Gasteiger partial charge in [-0.3, -0.25) is 4.79 Å². The van der Waals surface area contributed by atoms with Gasteiger partial charge in [0.25, 0.3) is 5.91 Å². The molecular formula is C23H24N2O3. The predicted octanol–water partition coefficient (Wildman–Crippen LogP) is 5.11. The predicted molar refractivity (Wildman–Crippen MR) is 107 cm³/mol. The van der Waals surface area contributed by atoms with Crippen LogP contribution in [0.25, 0.3) is 11.3 Å². The molecular weight excluding hydrogens is 352 g/mol. The molecule has 1 aliphatic heterocycles. The molecule has 1 unspecified atom stereocenters. The van der Waals surface area contributed by atoms with E-state index < -0.39 is 0 Å². The smallest absolute Gasteiger partial charge is 0.254 e. The maximum atomic E-state index is 13.3. The molecule has 28 heavy (non-hydrogen) atoms. The first-order valence-electron chi connectivity index (χ1n) is 9.70. The number of aromatic nitrogens is 1. The first-order valence-corrected chi connectivity index (χ1v) is 9.70. The summed E-state index contributed by atoms with van der Waals surface area (Å²) in [4.78, 5) is 19.3. The second-order valence-electron chi connectivity index (χ2n) is 7.08. The molecule has 0 saturated carbocycles. The molecule has 0 spiro atoms. The number of carbonyl (C=O) groups excluding carboxylic acids is 1. The Hall–Kier alpha value is -3.08. The van der Waals surface area contributed by atoms with E-state index in [-0.39, 0.29) is 11.9 Å². The average Bonchev–Trinajstić information content (AvgIpc) is 3.18. The van der Waals surface area contributed by atoms with E-state index in [0.29, 0.717) is 11.3 Å². The maximum absolute atomic E-state index is 13.3. The molecule has 1 atom stereocenters. The van der Waals surface area contributed by atoms with Gasteiger partial charge in [-0.15, -0.1) is 0 Å². The highest BCUT2D eigenvalue weighted by atomic mass is 16.5. The van der Waals surface area contributed by atoms with Gasteiger partial charge in [0.2, 0.25) is 0 Å². The molecule has 0 bridgehead atoms. The van der Waals surface area contributed by atoms with E-state index in [9.17, 15) is 4.79 Å².